The molecule has 0 aromatic heterocycles. The van der Waals surface area contributed by atoms with E-state index in [1.54, 1.807) is 0 Å². The number of allylic oxidation sites excluding steroid dienone is 1. The summed E-state index contributed by atoms with van der Waals surface area (Å²) in [5, 5.41) is 0. The van der Waals surface area contributed by atoms with Crippen LogP contribution in [-0.2, 0) is 6.42 Å². The summed E-state index contributed by atoms with van der Waals surface area (Å²) in [6, 6.07) is 15.9. The van der Waals surface area contributed by atoms with Crippen LogP contribution in [0.15, 0.2) is 48.0 Å². The lowest BCUT2D eigenvalue weighted by Crippen LogP contribution is -1.90. The Labute approximate surface area is 153 Å². The monoisotopic (exact) mass is 328 g/mol. The first kappa shape index (κ1) is 17.6. The molecule has 0 unspecified atom stereocenters. The first-order valence-corrected chi connectivity index (χ1v) is 9.56. The minimum Gasteiger partial charge on any atom is -0.120 e. The van der Waals surface area contributed by atoms with E-state index in [0.717, 1.165) is 6.42 Å². The highest BCUT2D eigenvalue weighted by Gasteiger charge is 2.23. The summed E-state index contributed by atoms with van der Waals surface area (Å²) in [4.78, 5) is 0. The van der Waals surface area contributed by atoms with Gasteiger partial charge in [0, 0.05) is 6.42 Å². The van der Waals surface area contributed by atoms with Gasteiger partial charge in [-0.15, -0.1) is 12.3 Å². The first-order valence-electron chi connectivity index (χ1n) is 9.56. The molecule has 2 aromatic carbocycles. The van der Waals surface area contributed by atoms with Crippen LogP contribution in [0, 0.1) is 12.3 Å². The molecule has 0 saturated heterocycles. The minimum atomic E-state index is 0.927. The minimum absolute atomic E-state index is 0.927. The molecule has 128 valence electrons. The third kappa shape index (κ3) is 3.88. The Kier molecular flexibility index (Phi) is 5.77. The third-order valence-corrected chi connectivity index (χ3v) is 5.13. The molecule has 2 aromatic rings. The fourth-order valence-electron chi connectivity index (χ4n) is 3.89. The Balaban J connectivity index is 1.69. The Morgan fingerprint density at radius 2 is 1.48 bits per heavy atom. The van der Waals surface area contributed by atoms with Crippen molar-refractivity contribution in [3.63, 3.8) is 0 Å². The van der Waals surface area contributed by atoms with Crippen LogP contribution in [0.2, 0.25) is 0 Å². The van der Waals surface area contributed by atoms with Gasteiger partial charge in [0.15, 0.2) is 0 Å². The van der Waals surface area contributed by atoms with Crippen LogP contribution in [0.1, 0.15) is 69.1 Å². The highest BCUT2D eigenvalue weighted by molar-refractivity contribution is 6.02. The number of hydrogen-bond donors (Lipinski definition) is 0. The van der Waals surface area contributed by atoms with Gasteiger partial charge in [-0.25, -0.2) is 0 Å². The van der Waals surface area contributed by atoms with Crippen molar-refractivity contribution in [2.24, 2.45) is 0 Å². The van der Waals surface area contributed by atoms with E-state index in [4.69, 9.17) is 6.42 Å². The number of benzene rings is 2. The summed E-state index contributed by atoms with van der Waals surface area (Å²) in [5.74, 6) is 2.72. The molecule has 0 bridgehead atoms. The number of aryl methyl sites for hydroxylation is 1. The van der Waals surface area contributed by atoms with Crippen LogP contribution in [0.4, 0.5) is 0 Å². The number of hydrogen-bond acceptors (Lipinski definition) is 0. The average molecular weight is 328 g/mol. The fraction of sp³-hybridized carbons (Fsp3) is 0.360. The molecular weight excluding hydrogens is 300 g/mol. The first-order chi connectivity index (χ1) is 12.2. The maximum Gasteiger partial charge on any atom is 0.00860 e. The van der Waals surface area contributed by atoms with Gasteiger partial charge in [0.25, 0.3) is 0 Å². The molecule has 0 amide bonds. The maximum absolute atomic E-state index is 5.30. The van der Waals surface area contributed by atoms with Crippen LogP contribution in [0.5, 0.6) is 0 Å². The molecule has 0 saturated carbocycles. The van der Waals surface area contributed by atoms with Crippen molar-refractivity contribution in [1.82, 2.24) is 0 Å². The molecule has 1 aliphatic rings. The zero-order chi connectivity index (χ0) is 17.6. The van der Waals surface area contributed by atoms with E-state index >= 15 is 0 Å². The lowest BCUT2D eigenvalue weighted by atomic mass is 9.96. The van der Waals surface area contributed by atoms with E-state index in [9.17, 15) is 0 Å². The second-order valence-corrected chi connectivity index (χ2v) is 7.27. The molecule has 0 radical (unpaired) electrons. The number of unbranched alkanes of at least 4 members (excludes halogenated alkanes) is 5. The predicted molar refractivity (Wildman–Crippen MR) is 109 cm³/mol. The zero-order valence-corrected chi connectivity index (χ0v) is 15.6. The highest BCUT2D eigenvalue weighted by Crippen LogP contribution is 2.45. The van der Waals surface area contributed by atoms with Crippen molar-refractivity contribution in [2.45, 2.75) is 58.8 Å². The van der Waals surface area contributed by atoms with E-state index in [0.29, 0.717) is 0 Å². The normalized spacial score (nSPS) is 11.8. The summed E-state index contributed by atoms with van der Waals surface area (Å²) in [5.41, 5.74) is 9.89. The van der Waals surface area contributed by atoms with Crippen molar-refractivity contribution in [2.75, 3.05) is 0 Å². The summed E-state index contributed by atoms with van der Waals surface area (Å²) >= 11 is 0. The van der Waals surface area contributed by atoms with Crippen LogP contribution in [0.3, 0.4) is 0 Å². The van der Waals surface area contributed by atoms with Crippen molar-refractivity contribution < 1.29 is 0 Å². The van der Waals surface area contributed by atoms with E-state index in [1.165, 1.54) is 77.5 Å². The molecule has 25 heavy (non-hydrogen) atoms. The fourth-order valence-corrected chi connectivity index (χ4v) is 3.89. The maximum atomic E-state index is 5.30. The molecular formula is C25H28. The smallest absolute Gasteiger partial charge is 0.00860 e. The second kappa shape index (κ2) is 8.21. The van der Waals surface area contributed by atoms with Crippen LogP contribution < -0.4 is 0 Å². The lowest BCUT2D eigenvalue weighted by Gasteiger charge is -2.08. The van der Waals surface area contributed by atoms with Crippen molar-refractivity contribution >= 4 is 5.57 Å². The SMILES string of the molecule is C#CCCCCCCCc1ccc2c(c1)C(=C(C)C)c1ccccc1-2. The molecule has 0 N–H and O–H groups in total. The summed E-state index contributed by atoms with van der Waals surface area (Å²) in [6.45, 7) is 4.45. The molecule has 3 rings (SSSR count). The zero-order valence-electron chi connectivity index (χ0n) is 15.6. The van der Waals surface area contributed by atoms with Crippen LogP contribution >= 0.6 is 0 Å². The third-order valence-electron chi connectivity index (χ3n) is 5.13. The molecule has 0 nitrogen and oxygen atoms in total. The Bertz CT molecular complexity index is 810. The number of fused-ring (bicyclic) bond motifs is 3. The lowest BCUT2D eigenvalue weighted by molar-refractivity contribution is 0.620. The van der Waals surface area contributed by atoms with Crippen molar-refractivity contribution in [1.29, 1.82) is 0 Å². The highest BCUT2D eigenvalue weighted by atomic mass is 14.3. The second-order valence-electron chi connectivity index (χ2n) is 7.27. The molecule has 0 spiro atoms. The van der Waals surface area contributed by atoms with Gasteiger partial charge in [-0.2, -0.15) is 0 Å². The van der Waals surface area contributed by atoms with Gasteiger partial charge in [0.2, 0.25) is 0 Å². The summed E-state index contributed by atoms with van der Waals surface area (Å²) in [7, 11) is 0. The molecule has 0 heterocycles. The quantitative estimate of drug-likeness (QED) is 0.323. The Hall–Kier alpha value is -2.26. The van der Waals surface area contributed by atoms with Gasteiger partial charge in [-0.05, 0) is 66.5 Å². The molecule has 0 fully saturated rings. The van der Waals surface area contributed by atoms with Gasteiger partial charge >= 0.3 is 0 Å². The van der Waals surface area contributed by atoms with E-state index in [1.807, 2.05) is 0 Å². The van der Waals surface area contributed by atoms with Crippen LogP contribution in [-0.4, -0.2) is 0 Å². The molecule has 0 atom stereocenters. The van der Waals surface area contributed by atoms with E-state index in [2.05, 4.69) is 62.2 Å². The van der Waals surface area contributed by atoms with Gasteiger partial charge in [-0.3, -0.25) is 0 Å². The number of rotatable bonds is 7. The molecule has 0 heteroatoms. The van der Waals surface area contributed by atoms with Gasteiger partial charge < -0.3 is 0 Å². The van der Waals surface area contributed by atoms with Gasteiger partial charge in [0.05, 0.1) is 0 Å². The van der Waals surface area contributed by atoms with E-state index < -0.39 is 0 Å². The standard InChI is InChI=1S/C25H28/c1-4-5-6-7-8-9-10-13-20-16-17-22-21-14-11-12-15-23(21)25(19(2)3)24(22)18-20/h1,11-12,14-18H,5-10,13H2,2-3H3. The van der Waals surface area contributed by atoms with Crippen molar-refractivity contribution in [3.05, 3.63) is 64.7 Å². The molecule has 1 aliphatic carbocycles. The Morgan fingerprint density at radius 3 is 2.24 bits per heavy atom. The average Bonchev–Trinajstić information content (AvgIpc) is 2.94. The summed E-state index contributed by atoms with van der Waals surface area (Å²) < 4.78 is 0. The summed E-state index contributed by atoms with van der Waals surface area (Å²) in [6.07, 6.45) is 13.7. The number of terminal acetylenes is 1. The van der Waals surface area contributed by atoms with Gasteiger partial charge in [0.1, 0.15) is 0 Å². The van der Waals surface area contributed by atoms with Crippen LogP contribution in [0.25, 0.3) is 16.7 Å². The van der Waals surface area contributed by atoms with Crippen molar-refractivity contribution in [3.8, 4) is 23.5 Å². The van der Waals surface area contributed by atoms with E-state index in [-0.39, 0.29) is 0 Å². The predicted octanol–water partition coefficient (Wildman–Crippen LogP) is 7.03. The topological polar surface area (TPSA) is 0 Å². The van der Waals surface area contributed by atoms with Gasteiger partial charge in [-0.1, -0.05) is 67.3 Å². The molecule has 0 aliphatic heterocycles. The largest absolute Gasteiger partial charge is 0.120 e. The Morgan fingerprint density at radius 1 is 0.800 bits per heavy atom.